The Morgan fingerprint density at radius 2 is 2.23 bits per heavy atom. The third-order valence-electron chi connectivity index (χ3n) is 1.56. The van der Waals surface area contributed by atoms with Gasteiger partial charge in [0.25, 0.3) is 0 Å². The lowest BCUT2D eigenvalue weighted by Crippen LogP contribution is -2.12. The molecule has 0 spiro atoms. The van der Waals surface area contributed by atoms with Gasteiger partial charge in [0.05, 0.1) is 10.6 Å². The number of hydrogen-bond acceptors (Lipinski definition) is 4. The Kier molecular flexibility index (Phi) is 2.77. The van der Waals surface area contributed by atoms with Gasteiger partial charge < -0.3 is 0 Å². The van der Waals surface area contributed by atoms with Crippen LogP contribution in [0.5, 0.6) is 0 Å². The number of hydrogen-bond donors (Lipinski definition) is 0. The third kappa shape index (κ3) is 1.92. The van der Waals surface area contributed by atoms with E-state index >= 15 is 0 Å². The first-order valence-corrected chi connectivity index (χ1v) is 4.54. The molecule has 0 saturated heterocycles. The molecule has 0 aromatic carbocycles. The number of aromatic nitrogens is 1. The summed E-state index contributed by atoms with van der Waals surface area (Å²) >= 11 is 1.23. The average molecular weight is 198 g/mol. The number of nitrogens with zero attached hydrogens (tertiary/aromatic N) is 2. The number of anilines is 1. The SMILES string of the molecule is CC(=O)c1sc(N(C)C=O)nc1C. The molecule has 1 amide bonds. The maximum absolute atomic E-state index is 11.1. The molecule has 0 fully saturated rings. The fourth-order valence-corrected chi connectivity index (χ4v) is 1.79. The summed E-state index contributed by atoms with van der Waals surface area (Å²) in [7, 11) is 1.61. The van der Waals surface area contributed by atoms with Crippen LogP contribution in [0.1, 0.15) is 22.3 Å². The molecule has 1 aromatic rings. The lowest BCUT2D eigenvalue weighted by atomic mass is 10.3. The number of carbonyl (C=O) groups is 2. The molecule has 0 N–H and O–H groups in total. The Balaban J connectivity index is 3.08. The zero-order valence-electron chi connectivity index (χ0n) is 7.70. The van der Waals surface area contributed by atoms with Gasteiger partial charge in [-0.1, -0.05) is 11.3 Å². The number of aryl methyl sites for hydroxylation is 1. The molecule has 4 nitrogen and oxygen atoms in total. The van der Waals surface area contributed by atoms with E-state index in [9.17, 15) is 9.59 Å². The maximum atomic E-state index is 11.1. The molecule has 0 aliphatic carbocycles. The standard InChI is InChI=1S/C8H10N2O2S/c1-5-7(6(2)12)13-8(9-5)10(3)4-11/h4H,1-3H3. The van der Waals surface area contributed by atoms with Gasteiger partial charge in [-0.3, -0.25) is 14.5 Å². The van der Waals surface area contributed by atoms with Crippen molar-refractivity contribution in [3.8, 4) is 0 Å². The summed E-state index contributed by atoms with van der Waals surface area (Å²) in [4.78, 5) is 27.5. The summed E-state index contributed by atoms with van der Waals surface area (Å²) in [6.07, 6.45) is 0.669. The first kappa shape index (κ1) is 9.85. The molecule has 0 unspecified atom stereocenters. The zero-order valence-corrected chi connectivity index (χ0v) is 8.51. The molecule has 5 heteroatoms. The molecule has 0 aliphatic heterocycles. The van der Waals surface area contributed by atoms with Crippen LogP contribution in [0, 0.1) is 6.92 Å². The summed E-state index contributed by atoms with van der Waals surface area (Å²) in [6, 6.07) is 0. The van der Waals surface area contributed by atoms with E-state index in [0.717, 1.165) is 0 Å². The minimum Gasteiger partial charge on any atom is -0.294 e. The number of amides is 1. The minimum absolute atomic E-state index is 0.0134. The van der Waals surface area contributed by atoms with E-state index in [2.05, 4.69) is 4.98 Å². The third-order valence-corrected chi connectivity index (χ3v) is 2.91. The maximum Gasteiger partial charge on any atom is 0.215 e. The van der Waals surface area contributed by atoms with Crippen LogP contribution in [0.15, 0.2) is 0 Å². The van der Waals surface area contributed by atoms with Gasteiger partial charge in [-0.15, -0.1) is 0 Å². The van der Waals surface area contributed by atoms with Crippen LogP contribution >= 0.6 is 11.3 Å². The van der Waals surface area contributed by atoms with Crippen molar-refractivity contribution in [1.29, 1.82) is 0 Å². The van der Waals surface area contributed by atoms with Gasteiger partial charge in [-0.2, -0.15) is 0 Å². The van der Waals surface area contributed by atoms with Gasteiger partial charge in [0.15, 0.2) is 10.9 Å². The lowest BCUT2D eigenvalue weighted by Gasteiger charge is -2.02. The molecule has 1 aromatic heterocycles. The smallest absolute Gasteiger partial charge is 0.215 e. The summed E-state index contributed by atoms with van der Waals surface area (Å²) < 4.78 is 0. The van der Waals surface area contributed by atoms with E-state index in [-0.39, 0.29) is 5.78 Å². The van der Waals surface area contributed by atoms with Crippen molar-refractivity contribution in [2.24, 2.45) is 0 Å². The number of thiazole rings is 1. The van der Waals surface area contributed by atoms with E-state index in [1.54, 1.807) is 14.0 Å². The highest BCUT2D eigenvalue weighted by atomic mass is 32.1. The first-order valence-electron chi connectivity index (χ1n) is 3.72. The van der Waals surface area contributed by atoms with Crippen LogP contribution in [0.3, 0.4) is 0 Å². The van der Waals surface area contributed by atoms with Gasteiger partial charge in [0, 0.05) is 14.0 Å². The molecule has 0 bridgehead atoms. The van der Waals surface area contributed by atoms with Gasteiger partial charge in [-0.05, 0) is 6.92 Å². The van der Waals surface area contributed by atoms with Crippen molar-refractivity contribution >= 4 is 28.7 Å². The largest absolute Gasteiger partial charge is 0.294 e. The topological polar surface area (TPSA) is 50.3 Å². The number of rotatable bonds is 3. The normalized spacial score (nSPS) is 9.77. The van der Waals surface area contributed by atoms with Gasteiger partial charge >= 0.3 is 0 Å². The first-order chi connectivity index (χ1) is 6.06. The number of carbonyl (C=O) groups excluding carboxylic acids is 2. The highest BCUT2D eigenvalue weighted by Gasteiger charge is 2.13. The van der Waals surface area contributed by atoms with Crippen LogP contribution in [0.25, 0.3) is 0 Å². The van der Waals surface area contributed by atoms with Crippen molar-refractivity contribution in [2.45, 2.75) is 13.8 Å². The molecule has 0 aliphatic rings. The lowest BCUT2D eigenvalue weighted by molar-refractivity contribution is -0.107. The molecule has 70 valence electrons. The highest BCUT2D eigenvalue weighted by Crippen LogP contribution is 2.24. The van der Waals surface area contributed by atoms with Gasteiger partial charge in [0.1, 0.15) is 0 Å². The Bertz CT molecular complexity index is 346. The monoisotopic (exact) mass is 198 g/mol. The Morgan fingerprint density at radius 1 is 1.62 bits per heavy atom. The van der Waals surface area contributed by atoms with Crippen molar-refractivity contribution in [2.75, 3.05) is 11.9 Å². The summed E-state index contributed by atoms with van der Waals surface area (Å²) in [5.74, 6) is -0.0134. The number of ketones is 1. The average Bonchev–Trinajstić information content (AvgIpc) is 2.46. The molecule has 0 atom stereocenters. The Morgan fingerprint density at radius 3 is 2.62 bits per heavy atom. The fourth-order valence-electron chi connectivity index (χ4n) is 0.905. The molecule has 13 heavy (non-hydrogen) atoms. The van der Waals surface area contributed by atoms with Crippen LogP contribution in [0.2, 0.25) is 0 Å². The highest BCUT2D eigenvalue weighted by molar-refractivity contribution is 7.17. The predicted molar refractivity (Wildman–Crippen MR) is 51.3 cm³/mol. The van der Waals surface area contributed by atoms with Crippen LogP contribution in [-0.2, 0) is 4.79 Å². The van der Waals surface area contributed by atoms with Crippen molar-refractivity contribution in [3.63, 3.8) is 0 Å². The van der Waals surface area contributed by atoms with Crippen molar-refractivity contribution in [1.82, 2.24) is 4.98 Å². The van der Waals surface area contributed by atoms with Gasteiger partial charge in [0.2, 0.25) is 6.41 Å². The molecular weight excluding hydrogens is 188 g/mol. The zero-order chi connectivity index (χ0) is 10.0. The molecule has 0 saturated carbocycles. The summed E-state index contributed by atoms with van der Waals surface area (Å²) in [5.41, 5.74) is 0.682. The van der Waals surface area contributed by atoms with Crippen LogP contribution < -0.4 is 4.90 Å². The van der Waals surface area contributed by atoms with Crippen LogP contribution in [0.4, 0.5) is 5.13 Å². The second-order valence-electron chi connectivity index (χ2n) is 2.68. The van der Waals surface area contributed by atoms with Gasteiger partial charge in [-0.25, -0.2) is 4.98 Å². The van der Waals surface area contributed by atoms with Crippen molar-refractivity contribution in [3.05, 3.63) is 10.6 Å². The molecule has 1 heterocycles. The summed E-state index contributed by atoms with van der Waals surface area (Å²) in [5, 5.41) is 0.553. The Hall–Kier alpha value is -1.23. The predicted octanol–water partition coefficient (Wildman–Crippen LogP) is 1.25. The van der Waals surface area contributed by atoms with Crippen molar-refractivity contribution < 1.29 is 9.59 Å². The molecular formula is C8H10N2O2S. The fraction of sp³-hybridized carbons (Fsp3) is 0.375. The van der Waals surface area contributed by atoms with E-state index in [0.29, 0.717) is 22.1 Å². The molecule has 0 radical (unpaired) electrons. The van der Waals surface area contributed by atoms with E-state index in [4.69, 9.17) is 0 Å². The Labute approximate surface area is 80.2 Å². The van der Waals surface area contributed by atoms with Crippen LogP contribution in [-0.4, -0.2) is 24.2 Å². The van der Waals surface area contributed by atoms with E-state index in [1.807, 2.05) is 0 Å². The second-order valence-corrected chi connectivity index (χ2v) is 3.66. The molecule has 1 rings (SSSR count). The second kappa shape index (κ2) is 3.66. The summed E-state index contributed by atoms with van der Waals surface area (Å²) in [6.45, 7) is 3.25. The quantitative estimate of drug-likeness (QED) is 0.542. The van der Waals surface area contributed by atoms with E-state index in [1.165, 1.54) is 23.2 Å². The number of Topliss-reactive ketones (excluding diaryl/α,β-unsaturated/α-hetero) is 1. The van der Waals surface area contributed by atoms with E-state index < -0.39 is 0 Å². The minimum atomic E-state index is -0.0134.